The van der Waals surface area contributed by atoms with Gasteiger partial charge in [-0.05, 0) is 37.6 Å². The topological polar surface area (TPSA) is 58.2 Å². The Bertz CT molecular complexity index is 613. The van der Waals surface area contributed by atoms with Gasteiger partial charge in [0.25, 0.3) is 0 Å². The largest absolute Gasteiger partial charge is 0.418 e. The molecule has 0 amide bonds. The van der Waals surface area contributed by atoms with E-state index in [1.807, 2.05) is 4.72 Å². The number of rotatable bonds is 4. The number of hydrogen-bond donors (Lipinski definition) is 2. The molecular weight excluding hydrogens is 329 g/mol. The molecule has 2 N–H and O–H groups in total. The standard InChI is InChI=1S/C12H14ClF3N2O2S/c13-8-3-4-11(10(6-8)12(14,15)16)18-21(19,20)7-9-2-1-5-17-9/h3-4,6,9,17-18H,1-2,5,7H2. The van der Waals surface area contributed by atoms with Crippen molar-refractivity contribution in [1.82, 2.24) is 5.32 Å². The van der Waals surface area contributed by atoms with Crippen molar-refractivity contribution >= 4 is 27.3 Å². The van der Waals surface area contributed by atoms with Crippen molar-refractivity contribution in [2.45, 2.75) is 25.1 Å². The van der Waals surface area contributed by atoms with E-state index in [0.29, 0.717) is 12.5 Å². The van der Waals surface area contributed by atoms with Crippen LogP contribution >= 0.6 is 11.6 Å². The Morgan fingerprint density at radius 1 is 1.38 bits per heavy atom. The lowest BCUT2D eigenvalue weighted by Crippen LogP contribution is -2.33. The second-order valence-corrected chi connectivity index (χ2v) is 7.07. The average molecular weight is 343 g/mol. The van der Waals surface area contributed by atoms with E-state index in [1.165, 1.54) is 6.07 Å². The number of sulfonamides is 1. The molecule has 1 aliphatic heterocycles. The van der Waals surface area contributed by atoms with Crippen molar-refractivity contribution in [3.63, 3.8) is 0 Å². The number of halogens is 4. The van der Waals surface area contributed by atoms with Gasteiger partial charge in [-0.1, -0.05) is 11.6 Å². The molecule has 1 heterocycles. The van der Waals surface area contributed by atoms with Crippen molar-refractivity contribution in [2.75, 3.05) is 17.0 Å². The molecule has 2 rings (SSSR count). The molecule has 0 radical (unpaired) electrons. The Labute approximate surface area is 125 Å². The van der Waals surface area contributed by atoms with Crippen LogP contribution in [0.2, 0.25) is 5.02 Å². The summed E-state index contributed by atoms with van der Waals surface area (Å²) in [5.41, 5.74) is -1.61. The molecule has 118 valence electrons. The zero-order valence-corrected chi connectivity index (χ0v) is 12.4. The Balaban J connectivity index is 2.22. The van der Waals surface area contributed by atoms with Crippen LogP contribution in [0.3, 0.4) is 0 Å². The van der Waals surface area contributed by atoms with E-state index < -0.39 is 27.5 Å². The van der Waals surface area contributed by atoms with E-state index in [9.17, 15) is 21.6 Å². The van der Waals surface area contributed by atoms with E-state index in [-0.39, 0.29) is 16.8 Å². The normalized spacial score (nSPS) is 19.7. The van der Waals surface area contributed by atoms with Gasteiger partial charge in [0.1, 0.15) is 0 Å². The van der Waals surface area contributed by atoms with E-state index in [0.717, 1.165) is 19.0 Å². The molecule has 0 saturated carbocycles. The second-order valence-electron chi connectivity index (χ2n) is 4.86. The van der Waals surface area contributed by atoms with Crippen LogP contribution in [0.5, 0.6) is 0 Å². The highest BCUT2D eigenvalue weighted by Crippen LogP contribution is 2.36. The lowest BCUT2D eigenvalue weighted by Gasteiger charge is -2.17. The lowest BCUT2D eigenvalue weighted by molar-refractivity contribution is -0.136. The Kier molecular flexibility index (Phi) is 4.69. The lowest BCUT2D eigenvalue weighted by atomic mass is 10.2. The number of hydrogen-bond acceptors (Lipinski definition) is 3. The molecule has 0 aromatic heterocycles. The van der Waals surface area contributed by atoms with E-state index >= 15 is 0 Å². The predicted octanol–water partition coefficient (Wildman–Crippen LogP) is 2.85. The van der Waals surface area contributed by atoms with Gasteiger partial charge in [-0.25, -0.2) is 8.42 Å². The summed E-state index contributed by atoms with van der Waals surface area (Å²) in [5, 5.41) is 2.88. The van der Waals surface area contributed by atoms with Gasteiger partial charge in [0.15, 0.2) is 0 Å². The van der Waals surface area contributed by atoms with Crippen molar-refractivity contribution in [1.29, 1.82) is 0 Å². The first kappa shape index (κ1) is 16.4. The third-order valence-electron chi connectivity index (χ3n) is 3.14. The number of anilines is 1. The molecule has 9 heteroatoms. The third kappa shape index (κ3) is 4.49. The fourth-order valence-electron chi connectivity index (χ4n) is 2.21. The third-order valence-corrected chi connectivity index (χ3v) is 4.74. The van der Waals surface area contributed by atoms with Gasteiger partial charge in [0.2, 0.25) is 10.0 Å². The van der Waals surface area contributed by atoms with Gasteiger partial charge >= 0.3 is 6.18 Å². The molecular formula is C12H14ClF3N2O2S. The highest BCUT2D eigenvalue weighted by molar-refractivity contribution is 7.92. The zero-order chi connectivity index (χ0) is 15.7. The molecule has 21 heavy (non-hydrogen) atoms. The molecule has 0 bridgehead atoms. The van der Waals surface area contributed by atoms with E-state index in [2.05, 4.69) is 5.32 Å². The van der Waals surface area contributed by atoms with Gasteiger partial charge < -0.3 is 5.32 Å². The maximum Gasteiger partial charge on any atom is 0.418 e. The minimum Gasteiger partial charge on any atom is -0.313 e. The summed E-state index contributed by atoms with van der Waals surface area (Å²) >= 11 is 5.54. The minimum atomic E-state index is -4.69. The summed E-state index contributed by atoms with van der Waals surface area (Å²) in [7, 11) is -3.87. The van der Waals surface area contributed by atoms with Crippen LogP contribution in [0.15, 0.2) is 18.2 Å². The molecule has 4 nitrogen and oxygen atoms in total. The maximum atomic E-state index is 12.9. The second kappa shape index (κ2) is 6.02. The quantitative estimate of drug-likeness (QED) is 0.884. The van der Waals surface area contributed by atoms with Crippen LogP contribution in [0.1, 0.15) is 18.4 Å². The van der Waals surface area contributed by atoms with Crippen molar-refractivity contribution < 1.29 is 21.6 Å². The molecule has 1 atom stereocenters. The smallest absolute Gasteiger partial charge is 0.313 e. The summed E-state index contributed by atoms with van der Waals surface area (Å²) in [6, 6.07) is 2.70. The minimum absolute atomic E-state index is 0.109. The summed E-state index contributed by atoms with van der Waals surface area (Å²) in [4.78, 5) is 0. The summed E-state index contributed by atoms with van der Waals surface area (Å²) in [5.74, 6) is -0.257. The summed E-state index contributed by atoms with van der Waals surface area (Å²) in [6.07, 6.45) is -3.14. The first-order chi connectivity index (χ1) is 9.67. The van der Waals surface area contributed by atoms with Crippen molar-refractivity contribution in [3.8, 4) is 0 Å². The van der Waals surface area contributed by atoms with Crippen LogP contribution in [-0.2, 0) is 16.2 Å². The SMILES string of the molecule is O=S(=O)(CC1CCCN1)Nc1ccc(Cl)cc1C(F)(F)F. The molecule has 0 spiro atoms. The fourth-order valence-corrected chi connectivity index (χ4v) is 3.80. The van der Waals surface area contributed by atoms with Crippen molar-refractivity contribution in [3.05, 3.63) is 28.8 Å². The Hall–Kier alpha value is -0.990. The molecule has 1 aromatic carbocycles. The highest BCUT2D eigenvalue weighted by Gasteiger charge is 2.35. The van der Waals surface area contributed by atoms with E-state index in [1.54, 1.807) is 0 Å². The number of benzene rings is 1. The fraction of sp³-hybridized carbons (Fsp3) is 0.500. The van der Waals surface area contributed by atoms with Gasteiger partial charge in [0, 0.05) is 11.1 Å². The van der Waals surface area contributed by atoms with Gasteiger partial charge in [0.05, 0.1) is 17.0 Å². The summed E-state index contributed by atoms with van der Waals surface area (Å²) in [6.45, 7) is 0.717. The van der Waals surface area contributed by atoms with Crippen LogP contribution in [-0.4, -0.2) is 26.8 Å². The van der Waals surface area contributed by atoms with Crippen LogP contribution in [0.25, 0.3) is 0 Å². The zero-order valence-electron chi connectivity index (χ0n) is 10.9. The molecule has 1 aliphatic rings. The molecule has 0 aliphatic carbocycles. The maximum absolute atomic E-state index is 12.9. The molecule has 1 saturated heterocycles. The predicted molar refractivity (Wildman–Crippen MR) is 74.9 cm³/mol. The molecule has 1 aromatic rings. The van der Waals surface area contributed by atoms with Gasteiger partial charge in [-0.3, -0.25) is 4.72 Å². The van der Waals surface area contributed by atoms with Gasteiger partial charge in [-0.15, -0.1) is 0 Å². The van der Waals surface area contributed by atoms with Crippen LogP contribution in [0, 0.1) is 0 Å². The van der Waals surface area contributed by atoms with Crippen molar-refractivity contribution in [2.24, 2.45) is 0 Å². The number of nitrogens with one attached hydrogen (secondary N) is 2. The van der Waals surface area contributed by atoms with Crippen LogP contribution < -0.4 is 10.0 Å². The van der Waals surface area contributed by atoms with E-state index in [4.69, 9.17) is 11.6 Å². The monoisotopic (exact) mass is 342 g/mol. The van der Waals surface area contributed by atoms with Crippen LogP contribution in [0.4, 0.5) is 18.9 Å². The molecule has 1 unspecified atom stereocenters. The molecule has 1 fully saturated rings. The average Bonchev–Trinajstić information content (AvgIpc) is 2.81. The van der Waals surface area contributed by atoms with Gasteiger partial charge in [-0.2, -0.15) is 13.2 Å². The first-order valence-electron chi connectivity index (χ1n) is 6.28. The number of alkyl halides is 3. The summed E-state index contributed by atoms with van der Waals surface area (Å²) < 4.78 is 64.6. The highest BCUT2D eigenvalue weighted by atomic mass is 35.5. The Morgan fingerprint density at radius 2 is 2.10 bits per heavy atom. The Morgan fingerprint density at radius 3 is 2.67 bits per heavy atom. The first-order valence-corrected chi connectivity index (χ1v) is 8.31.